The van der Waals surface area contributed by atoms with E-state index >= 15 is 0 Å². The number of para-hydroxylation sites is 1. The molecule has 4 rings (SSSR count). The van der Waals surface area contributed by atoms with Crippen LogP contribution in [0.1, 0.15) is 22.3 Å². The summed E-state index contributed by atoms with van der Waals surface area (Å²) >= 11 is 0. The number of likely N-dealkylation sites (tertiary alicyclic amines) is 1. The van der Waals surface area contributed by atoms with Gasteiger partial charge in [0.25, 0.3) is 11.8 Å². The van der Waals surface area contributed by atoms with Crippen molar-refractivity contribution >= 4 is 16.8 Å². The number of carbonyl (C=O) groups is 1. The molecule has 0 bridgehead atoms. The molecule has 0 aliphatic carbocycles. The monoisotopic (exact) mass is 393 g/mol. The second-order valence-electron chi connectivity index (χ2n) is 6.87. The molecule has 0 spiro atoms. The summed E-state index contributed by atoms with van der Waals surface area (Å²) in [6.07, 6.45) is -2.05. The Kier molecular flexibility index (Phi) is 4.85. The summed E-state index contributed by atoms with van der Waals surface area (Å²) in [6.45, 7) is -0.406. The number of hydrogen-bond acceptors (Lipinski definition) is 4. The topological polar surface area (TPSA) is 66.2 Å². The molecule has 1 amide bonds. The highest BCUT2D eigenvalue weighted by Gasteiger charge is 2.47. The number of alkyl halides is 2. The second-order valence-corrected chi connectivity index (χ2v) is 6.87. The molecule has 2 heterocycles. The van der Waals surface area contributed by atoms with Crippen LogP contribution in [0.3, 0.4) is 0 Å². The fourth-order valence-corrected chi connectivity index (χ4v) is 3.37. The van der Waals surface area contributed by atoms with E-state index in [1.165, 1.54) is 17.0 Å². The zero-order valence-electron chi connectivity index (χ0n) is 15.4. The third-order valence-corrected chi connectivity index (χ3v) is 4.97. The Balaban J connectivity index is 1.57. The summed E-state index contributed by atoms with van der Waals surface area (Å²) in [6, 6.07) is 18.9. The molecular weight excluding hydrogens is 376 g/mol. The molecule has 146 valence electrons. The summed E-state index contributed by atoms with van der Waals surface area (Å²) in [5.74, 6) is -3.48. The first-order valence-electron chi connectivity index (χ1n) is 9.16. The van der Waals surface area contributed by atoms with Gasteiger partial charge in [0.1, 0.15) is 0 Å². The van der Waals surface area contributed by atoms with E-state index in [-0.39, 0.29) is 30.1 Å². The van der Waals surface area contributed by atoms with Crippen LogP contribution < -0.4 is 4.74 Å². The lowest BCUT2D eigenvalue weighted by molar-refractivity contribution is -0.131. The van der Waals surface area contributed by atoms with Gasteiger partial charge in [-0.25, -0.2) is 13.8 Å². The number of benzene rings is 2. The quantitative estimate of drug-likeness (QED) is 0.674. The first kappa shape index (κ1) is 18.8. The predicted molar refractivity (Wildman–Crippen MR) is 103 cm³/mol. The van der Waals surface area contributed by atoms with E-state index in [0.717, 1.165) is 5.39 Å². The normalized spacial score (nSPS) is 18.2. The van der Waals surface area contributed by atoms with Gasteiger partial charge in [0.2, 0.25) is 5.88 Å². The van der Waals surface area contributed by atoms with Crippen molar-refractivity contribution in [1.29, 1.82) is 5.26 Å². The van der Waals surface area contributed by atoms with Crippen LogP contribution in [0.2, 0.25) is 0 Å². The van der Waals surface area contributed by atoms with E-state index in [1.54, 1.807) is 36.4 Å². The van der Waals surface area contributed by atoms with Crippen LogP contribution in [0, 0.1) is 11.3 Å². The van der Waals surface area contributed by atoms with Crippen molar-refractivity contribution in [2.45, 2.75) is 18.4 Å². The average Bonchev–Trinajstić information content (AvgIpc) is 2.74. The van der Waals surface area contributed by atoms with Crippen LogP contribution in [0.25, 0.3) is 10.9 Å². The summed E-state index contributed by atoms with van der Waals surface area (Å²) < 4.78 is 34.6. The van der Waals surface area contributed by atoms with Gasteiger partial charge in [-0.1, -0.05) is 30.3 Å². The molecule has 1 atom stereocenters. The van der Waals surface area contributed by atoms with Crippen molar-refractivity contribution in [2.75, 3.05) is 13.1 Å². The number of hydrogen-bond donors (Lipinski definition) is 0. The molecule has 2 aromatic carbocycles. The molecule has 0 N–H and O–H groups in total. The molecule has 1 aliphatic heterocycles. The first-order valence-corrected chi connectivity index (χ1v) is 9.16. The summed E-state index contributed by atoms with van der Waals surface area (Å²) in [4.78, 5) is 18.4. The molecule has 1 fully saturated rings. The van der Waals surface area contributed by atoms with Gasteiger partial charge in [0.15, 0.2) is 6.10 Å². The minimum atomic E-state index is -3.10. The maximum atomic E-state index is 14.5. The second kappa shape index (κ2) is 7.47. The van der Waals surface area contributed by atoms with Crippen LogP contribution >= 0.6 is 0 Å². The lowest BCUT2D eigenvalue weighted by Crippen LogP contribution is -2.55. The highest BCUT2D eigenvalue weighted by molar-refractivity contribution is 5.96. The number of nitriles is 1. The number of halogens is 2. The van der Waals surface area contributed by atoms with Crippen LogP contribution in [0.5, 0.6) is 5.88 Å². The molecule has 1 saturated heterocycles. The highest BCUT2D eigenvalue weighted by atomic mass is 19.3. The zero-order valence-corrected chi connectivity index (χ0v) is 15.4. The lowest BCUT2D eigenvalue weighted by atomic mass is 10.0. The van der Waals surface area contributed by atoms with E-state index in [0.29, 0.717) is 5.52 Å². The van der Waals surface area contributed by atoms with Gasteiger partial charge in [-0.15, -0.1) is 0 Å². The predicted octanol–water partition coefficient (Wildman–Crippen LogP) is 4.04. The molecule has 29 heavy (non-hydrogen) atoms. The fraction of sp³-hybridized carbons (Fsp3) is 0.227. The van der Waals surface area contributed by atoms with Gasteiger partial charge < -0.3 is 9.64 Å². The smallest absolute Gasteiger partial charge is 0.287 e. The minimum absolute atomic E-state index is 0.0834. The Labute approximate surface area is 166 Å². The molecule has 0 saturated carbocycles. The standard InChI is InChI=1S/C22H17F2N3O2/c23-22(24)11-12-27(21(28)17-7-3-1-6-16(17)13-25)14-19(22)29-20-10-9-15-5-2-4-8-18(15)26-20/h1-10,19H,11-12,14H2. The Bertz CT molecular complexity index is 1110. The third kappa shape index (κ3) is 3.74. The van der Waals surface area contributed by atoms with Gasteiger partial charge in [-0.05, 0) is 24.3 Å². The number of rotatable bonds is 3. The molecular formula is C22H17F2N3O2. The zero-order chi connectivity index (χ0) is 20.4. The van der Waals surface area contributed by atoms with Crippen LogP contribution in [0.15, 0.2) is 60.7 Å². The number of fused-ring (bicyclic) bond motifs is 1. The van der Waals surface area contributed by atoms with E-state index in [4.69, 9.17) is 4.74 Å². The molecule has 3 aromatic rings. The molecule has 1 aromatic heterocycles. The van der Waals surface area contributed by atoms with Crippen molar-refractivity contribution in [3.05, 3.63) is 71.8 Å². The van der Waals surface area contributed by atoms with Gasteiger partial charge in [0, 0.05) is 24.4 Å². The van der Waals surface area contributed by atoms with E-state index in [9.17, 15) is 18.8 Å². The number of piperidine rings is 1. The molecule has 1 aliphatic rings. The van der Waals surface area contributed by atoms with Crippen LogP contribution in [-0.2, 0) is 0 Å². The number of nitrogens with zero attached hydrogens (tertiary/aromatic N) is 3. The minimum Gasteiger partial charge on any atom is -0.466 e. The highest BCUT2D eigenvalue weighted by Crippen LogP contribution is 2.32. The van der Waals surface area contributed by atoms with Crippen molar-refractivity contribution in [2.24, 2.45) is 0 Å². The fourth-order valence-electron chi connectivity index (χ4n) is 3.37. The van der Waals surface area contributed by atoms with Crippen molar-refractivity contribution < 1.29 is 18.3 Å². The van der Waals surface area contributed by atoms with E-state index < -0.39 is 24.4 Å². The number of carbonyl (C=O) groups excluding carboxylic acids is 1. The number of amides is 1. The SMILES string of the molecule is N#Cc1ccccc1C(=O)N1CCC(F)(F)C(Oc2ccc3ccccc3n2)C1. The van der Waals surface area contributed by atoms with Gasteiger partial charge >= 0.3 is 0 Å². The molecule has 7 heteroatoms. The van der Waals surface area contributed by atoms with Crippen molar-refractivity contribution in [3.63, 3.8) is 0 Å². The number of aromatic nitrogens is 1. The van der Waals surface area contributed by atoms with E-state index in [1.807, 2.05) is 18.2 Å². The van der Waals surface area contributed by atoms with Gasteiger partial charge in [0.05, 0.1) is 29.3 Å². The van der Waals surface area contributed by atoms with E-state index in [2.05, 4.69) is 4.98 Å². The summed E-state index contributed by atoms with van der Waals surface area (Å²) in [5, 5.41) is 10.1. The Hall–Kier alpha value is -3.53. The number of pyridine rings is 1. The molecule has 1 unspecified atom stereocenters. The number of ether oxygens (including phenoxy) is 1. The Morgan fingerprint density at radius 3 is 2.72 bits per heavy atom. The lowest BCUT2D eigenvalue weighted by Gasteiger charge is -2.38. The molecule has 5 nitrogen and oxygen atoms in total. The molecule has 0 radical (unpaired) electrons. The van der Waals surface area contributed by atoms with Crippen LogP contribution in [-0.4, -0.2) is 40.9 Å². The summed E-state index contributed by atoms with van der Waals surface area (Å²) in [7, 11) is 0. The van der Waals surface area contributed by atoms with Crippen molar-refractivity contribution in [3.8, 4) is 11.9 Å². The van der Waals surface area contributed by atoms with Crippen LogP contribution in [0.4, 0.5) is 8.78 Å². The van der Waals surface area contributed by atoms with Gasteiger partial charge in [-0.2, -0.15) is 5.26 Å². The third-order valence-electron chi connectivity index (χ3n) is 4.97. The summed E-state index contributed by atoms with van der Waals surface area (Å²) in [5.41, 5.74) is 1.05. The largest absolute Gasteiger partial charge is 0.466 e. The van der Waals surface area contributed by atoms with Crippen molar-refractivity contribution in [1.82, 2.24) is 9.88 Å². The maximum absolute atomic E-state index is 14.5. The Morgan fingerprint density at radius 2 is 1.90 bits per heavy atom. The van der Waals surface area contributed by atoms with Gasteiger partial charge in [-0.3, -0.25) is 4.79 Å². The maximum Gasteiger partial charge on any atom is 0.287 e. The Morgan fingerprint density at radius 1 is 1.14 bits per heavy atom. The average molecular weight is 393 g/mol. The first-order chi connectivity index (χ1) is 14.0.